The maximum atomic E-state index is 14.8. The number of methoxy groups -OCH3 is 1. The second-order valence-corrected chi connectivity index (χ2v) is 9.73. The quantitative estimate of drug-likeness (QED) is 0.235. The van der Waals surface area contributed by atoms with Crippen LogP contribution in [0.3, 0.4) is 0 Å². The molecule has 1 aliphatic rings. The van der Waals surface area contributed by atoms with E-state index in [2.05, 4.69) is 30.9 Å². The van der Waals surface area contributed by atoms with E-state index in [-0.39, 0.29) is 54.8 Å². The number of alkyl halides is 3. The maximum absolute atomic E-state index is 14.8. The molecule has 1 saturated carbocycles. The summed E-state index contributed by atoms with van der Waals surface area (Å²) in [5.74, 6) is -1.33. The maximum Gasteiger partial charge on any atom is 0.401 e. The molecule has 5 rings (SSSR count). The molecule has 1 atom stereocenters. The lowest BCUT2D eigenvalue weighted by atomic mass is 10.0. The summed E-state index contributed by atoms with van der Waals surface area (Å²) in [7, 11) is 1.46. The topological polar surface area (TPSA) is 140 Å². The van der Waals surface area contributed by atoms with Crippen LogP contribution in [0, 0.1) is 5.82 Å². The highest BCUT2D eigenvalue weighted by Gasteiger charge is 2.66. The lowest BCUT2D eigenvalue weighted by Crippen LogP contribution is -2.28. The smallest absolute Gasteiger partial charge is 0.401 e. The Balaban J connectivity index is 1.21. The molecular formula is C26H25F4N7O4. The lowest BCUT2D eigenvalue weighted by molar-refractivity contribution is -0.165. The van der Waals surface area contributed by atoms with Gasteiger partial charge >= 0.3 is 6.18 Å². The first-order valence-electron chi connectivity index (χ1n) is 12.5. The SMILES string of the molecule is COc1nn(C[C@@H](C)O)cc1Nc1ncc(-c2ccc(CC(=O)Nc3cc(C4(C(F)(F)F)CC4)on3)c(F)c2)cn1. The minimum atomic E-state index is -4.47. The number of halogens is 4. The van der Waals surface area contributed by atoms with Crippen molar-refractivity contribution in [2.24, 2.45) is 0 Å². The van der Waals surface area contributed by atoms with Gasteiger partial charge in [-0.3, -0.25) is 9.48 Å². The van der Waals surface area contributed by atoms with E-state index in [1.54, 1.807) is 19.2 Å². The van der Waals surface area contributed by atoms with Crippen LogP contribution in [0.2, 0.25) is 0 Å². The molecule has 4 aromatic rings. The third kappa shape index (κ3) is 5.99. The predicted octanol–water partition coefficient (Wildman–Crippen LogP) is 4.38. The number of carbonyl (C=O) groups excluding carboxylic acids is 1. The van der Waals surface area contributed by atoms with Crippen molar-refractivity contribution >= 4 is 23.4 Å². The molecule has 3 N–H and O–H groups in total. The van der Waals surface area contributed by atoms with E-state index >= 15 is 0 Å². The van der Waals surface area contributed by atoms with Crippen molar-refractivity contribution in [2.75, 3.05) is 17.7 Å². The summed E-state index contributed by atoms with van der Waals surface area (Å²) >= 11 is 0. The van der Waals surface area contributed by atoms with Crippen LogP contribution in [0.5, 0.6) is 5.88 Å². The minimum Gasteiger partial charge on any atom is -0.478 e. The molecule has 0 aliphatic heterocycles. The van der Waals surface area contributed by atoms with Crippen molar-refractivity contribution in [3.63, 3.8) is 0 Å². The lowest BCUT2D eigenvalue weighted by Gasteiger charge is -2.14. The zero-order chi connectivity index (χ0) is 29.4. The van der Waals surface area contributed by atoms with Crippen LogP contribution in [0.15, 0.2) is 47.4 Å². The van der Waals surface area contributed by atoms with Crippen molar-refractivity contribution in [3.8, 4) is 17.0 Å². The molecule has 1 amide bonds. The molecule has 15 heteroatoms. The number of benzene rings is 1. The van der Waals surface area contributed by atoms with E-state index < -0.39 is 29.4 Å². The summed E-state index contributed by atoms with van der Waals surface area (Å²) < 4.78 is 66.2. The summed E-state index contributed by atoms with van der Waals surface area (Å²) in [5, 5.41) is 22.6. The van der Waals surface area contributed by atoms with Gasteiger partial charge in [0.1, 0.15) is 16.9 Å². The number of nitrogens with zero attached hydrogens (tertiary/aromatic N) is 5. The standard InChI is InChI=1S/C26H25F4N7O4/c1-14(38)12-37-13-19(23(35-37)40-2)33-24-31-10-17(11-32-24)15-3-4-16(18(27)7-15)8-22(39)34-21-9-20(41-36-21)25(5-6-25)26(28,29)30/h3-4,7,9-11,13-14,38H,5-6,8,12H2,1-2H3,(H,31,32,33)(H,34,36,39)/t14-/m1/s1. The van der Waals surface area contributed by atoms with Gasteiger partial charge in [0, 0.05) is 24.0 Å². The van der Waals surface area contributed by atoms with Gasteiger partial charge in [-0.1, -0.05) is 17.3 Å². The molecule has 0 unspecified atom stereocenters. The number of hydrogen-bond acceptors (Lipinski definition) is 9. The van der Waals surface area contributed by atoms with Crippen LogP contribution in [0.4, 0.5) is 35.0 Å². The van der Waals surface area contributed by atoms with E-state index in [0.717, 1.165) is 6.07 Å². The third-order valence-electron chi connectivity index (χ3n) is 6.55. The average Bonchev–Trinajstić information content (AvgIpc) is 3.48. The number of amides is 1. The first-order chi connectivity index (χ1) is 19.5. The van der Waals surface area contributed by atoms with E-state index in [9.17, 15) is 27.5 Å². The van der Waals surface area contributed by atoms with Crippen molar-refractivity contribution < 1.29 is 36.7 Å². The van der Waals surface area contributed by atoms with E-state index in [1.165, 1.54) is 36.3 Å². The number of rotatable bonds is 10. The molecule has 11 nitrogen and oxygen atoms in total. The van der Waals surface area contributed by atoms with Gasteiger partial charge in [-0.25, -0.2) is 14.4 Å². The molecule has 0 saturated heterocycles. The second kappa shape index (κ2) is 10.8. The van der Waals surface area contributed by atoms with E-state index in [4.69, 9.17) is 9.26 Å². The summed E-state index contributed by atoms with van der Waals surface area (Å²) in [6, 6.07) is 5.30. The van der Waals surface area contributed by atoms with Crippen LogP contribution in [0.1, 0.15) is 31.1 Å². The van der Waals surface area contributed by atoms with Crippen molar-refractivity contribution in [2.45, 2.75) is 50.4 Å². The fourth-order valence-electron chi connectivity index (χ4n) is 4.25. The average molecular weight is 576 g/mol. The van der Waals surface area contributed by atoms with Crippen LogP contribution >= 0.6 is 0 Å². The van der Waals surface area contributed by atoms with E-state index in [0.29, 0.717) is 16.8 Å². The van der Waals surface area contributed by atoms with Gasteiger partial charge < -0.3 is 25.0 Å². The summed E-state index contributed by atoms with van der Waals surface area (Å²) in [4.78, 5) is 20.9. The molecule has 0 spiro atoms. The number of carbonyl (C=O) groups is 1. The molecule has 41 heavy (non-hydrogen) atoms. The van der Waals surface area contributed by atoms with Crippen LogP contribution in [0.25, 0.3) is 11.1 Å². The van der Waals surface area contributed by atoms with Crippen LogP contribution in [-0.2, 0) is 23.2 Å². The normalized spacial score (nSPS) is 14.9. The Hall–Kier alpha value is -4.53. The van der Waals surface area contributed by atoms with Crippen molar-refractivity contribution in [3.05, 3.63) is 60.0 Å². The van der Waals surface area contributed by atoms with Gasteiger partial charge in [-0.2, -0.15) is 13.2 Å². The molecule has 0 radical (unpaired) electrons. The molecule has 0 bridgehead atoms. The van der Waals surface area contributed by atoms with E-state index in [1.807, 2.05) is 0 Å². The van der Waals surface area contributed by atoms with Crippen LogP contribution in [-0.4, -0.2) is 55.3 Å². The van der Waals surface area contributed by atoms with Gasteiger partial charge in [0.25, 0.3) is 5.88 Å². The monoisotopic (exact) mass is 575 g/mol. The highest BCUT2D eigenvalue weighted by atomic mass is 19.4. The van der Waals surface area contributed by atoms with Gasteiger partial charge in [0.05, 0.1) is 32.4 Å². The number of aromatic nitrogens is 5. The van der Waals surface area contributed by atoms with Crippen molar-refractivity contribution in [1.82, 2.24) is 24.9 Å². The first kappa shape index (κ1) is 28.0. The third-order valence-corrected chi connectivity index (χ3v) is 6.55. The Bertz CT molecular complexity index is 1550. The molecule has 3 aromatic heterocycles. The summed E-state index contributed by atoms with van der Waals surface area (Å²) in [5.41, 5.74) is -0.522. The first-order valence-corrected chi connectivity index (χ1v) is 12.5. The summed E-state index contributed by atoms with van der Waals surface area (Å²) in [6.45, 7) is 1.90. The molecule has 1 aromatic carbocycles. The Morgan fingerprint density at radius 3 is 2.56 bits per heavy atom. The Morgan fingerprint density at radius 2 is 1.95 bits per heavy atom. The molecule has 1 aliphatic carbocycles. The fourth-order valence-corrected chi connectivity index (χ4v) is 4.25. The molecule has 216 valence electrons. The molecule has 1 fully saturated rings. The van der Waals surface area contributed by atoms with Crippen molar-refractivity contribution in [1.29, 1.82) is 0 Å². The van der Waals surface area contributed by atoms with Gasteiger partial charge in [-0.05, 0) is 37.0 Å². The fraction of sp³-hybridized carbons (Fsp3) is 0.346. The molecule has 3 heterocycles. The van der Waals surface area contributed by atoms with Gasteiger partial charge in [0.15, 0.2) is 11.6 Å². The van der Waals surface area contributed by atoms with Crippen LogP contribution < -0.4 is 15.4 Å². The minimum absolute atomic E-state index is 0.0735. The number of ether oxygens (including phenoxy) is 1. The zero-order valence-corrected chi connectivity index (χ0v) is 21.9. The Morgan fingerprint density at radius 1 is 1.22 bits per heavy atom. The summed E-state index contributed by atoms with van der Waals surface area (Å²) in [6.07, 6.45) is -1.05. The number of aliphatic hydroxyl groups is 1. The second-order valence-electron chi connectivity index (χ2n) is 9.73. The molecular weight excluding hydrogens is 550 g/mol. The highest BCUT2D eigenvalue weighted by molar-refractivity contribution is 5.91. The number of nitrogens with one attached hydrogen (secondary N) is 2. The number of anilines is 3. The largest absolute Gasteiger partial charge is 0.478 e. The number of hydrogen-bond donors (Lipinski definition) is 3. The predicted molar refractivity (Wildman–Crippen MR) is 137 cm³/mol. The van der Waals surface area contributed by atoms with Gasteiger partial charge in [0.2, 0.25) is 11.9 Å². The Labute approximate surface area is 230 Å². The highest BCUT2D eigenvalue weighted by Crippen LogP contribution is 2.59. The van der Waals surface area contributed by atoms with Gasteiger partial charge in [-0.15, -0.1) is 5.10 Å². The zero-order valence-electron chi connectivity index (χ0n) is 21.9. The number of aliphatic hydroxyl groups excluding tert-OH is 1. The Kier molecular flexibility index (Phi) is 7.38.